The monoisotopic (exact) mass is 416 g/mol. The van der Waals surface area contributed by atoms with E-state index in [0.29, 0.717) is 24.3 Å². The number of hydrogen-bond acceptors (Lipinski definition) is 4. The normalized spacial score (nSPS) is 12.6. The second-order valence-electron chi connectivity index (χ2n) is 6.98. The SMILES string of the molecule is CCN(CC)C(=O)c1cccc(NC(=O)CN2CCCc3c(N)cccc32)c1.Cl. The van der Waals surface area contributed by atoms with E-state index in [1.54, 1.807) is 29.2 Å². The first-order chi connectivity index (χ1) is 13.5. The van der Waals surface area contributed by atoms with Crippen molar-refractivity contribution in [2.24, 2.45) is 0 Å². The highest BCUT2D eigenvalue weighted by Crippen LogP contribution is 2.31. The van der Waals surface area contributed by atoms with Crippen LogP contribution < -0.4 is 16.0 Å². The molecule has 6 nitrogen and oxygen atoms in total. The zero-order valence-corrected chi connectivity index (χ0v) is 17.8. The van der Waals surface area contributed by atoms with E-state index < -0.39 is 0 Å². The molecule has 2 aromatic carbocycles. The first kappa shape index (κ1) is 22.6. The summed E-state index contributed by atoms with van der Waals surface area (Å²) in [6, 6.07) is 13.0. The van der Waals surface area contributed by atoms with Crippen molar-refractivity contribution in [3.8, 4) is 0 Å². The molecular formula is C22H29ClN4O2. The Morgan fingerprint density at radius 1 is 1.14 bits per heavy atom. The lowest BCUT2D eigenvalue weighted by molar-refractivity contribution is -0.115. The lowest BCUT2D eigenvalue weighted by atomic mass is 10.00. The molecule has 0 saturated heterocycles. The molecule has 7 heteroatoms. The van der Waals surface area contributed by atoms with Crippen molar-refractivity contribution in [3.63, 3.8) is 0 Å². The standard InChI is InChI=1S/C22H28N4O2.ClH/c1-3-25(4-2)22(28)16-8-5-9-17(14-16)24-21(27)15-26-13-7-10-18-19(23)11-6-12-20(18)26;/h5-6,8-9,11-12,14H,3-4,7,10,13,15,23H2,1-2H3,(H,24,27);1H. The first-order valence-electron chi connectivity index (χ1n) is 9.85. The number of nitrogens with one attached hydrogen (secondary N) is 1. The molecule has 29 heavy (non-hydrogen) atoms. The zero-order valence-electron chi connectivity index (χ0n) is 17.0. The summed E-state index contributed by atoms with van der Waals surface area (Å²) in [5.74, 6) is -0.135. The molecule has 1 heterocycles. The largest absolute Gasteiger partial charge is 0.398 e. The van der Waals surface area contributed by atoms with Crippen LogP contribution in [0.15, 0.2) is 42.5 Å². The number of anilines is 3. The third-order valence-electron chi connectivity index (χ3n) is 5.16. The summed E-state index contributed by atoms with van der Waals surface area (Å²) in [6.07, 6.45) is 1.91. The lowest BCUT2D eigenvalue weighted by Gasteiger charge is -2.31. The van der Waals surface area contributed by atoms with Gasteiger partial charge in [-0.1, -0.05) is 12.1 Å². The number of carbonyl (C=O) groups is 2. The van der Waals surface area contributed by atoms with Crippen LogP contribution in [0.1, 0.15) is 36.2 Å². The predicted molar refractivity (Wildman–Crippen MR) is 121 cm³/mol. The maximum absolute atomic E-state index is 12.6. The minimum absolute atomic E-state index is 0. The van der Waals surface area contributed by atoms with Crippen molar-refractivity contribution < 1.29 is 9.59 Å². The van der Waals surface area contributed by atoms with Gasteiger partial charge >= 0.3 is 0 Å². The van der Waals surface area contributed by atoms with Gasteiger partial charge in [-0.2, -0.15) is 0 Å². The highest BCUT2D eigenvalue weighted by Gasteiger charge is 2.21. The van der Waals surface area contributed by atoms with Crippen molar-refractivity contribution >= 4 is 41.3 Å². The molecule has 0 aromatic heterocycles. The van der Waals surface area contributed by atoms with Gasteiger partial charge in [-0.3, -0.25) is 9.59 Å². The number of rotatable bonds is 6. The van der Waals surface area contributed by atoms with Crippen LogP contribution in [0.5, 0.6) is 0 Å². The molecule has 3 N–H and O–H groups in total. The fourth-order valence-corrected chi connectivity index (χ4v) is 3.69. The molecule has 0 aliphatic carbocycles. The van der Waals surface area contributed by atoms with Crippen LogP contribution >= 0.6 is 12.4 Å². The van der Waals surface area contributed by atoms with Gasteiger partial charge in [0.2, 0.25) is 5.91 Å². The predicted octanol–water partition coefficient (Wildman–Crippen LogP) is 3.56. The van der Waals surface area contributed by atoms with Gasteiger partial charge in [-0.25, -0.2) is 0 Å². The average molecular weight is 417 g/mol. The number of amides is 2. The fourth-order valence-electron chi connectivity index (χ4n) is 3.69. The Kier molecular flexibility index (Phi) is 7.91. The van der Waals surface area contributed by atoms with Gasteiger partial charge in [-0.05, 0) is 62.6 Å². The van der Waals surface area contributed by atoms with Crippen LogP contribution in [0.25, 0.3) is 0 Å². The zero-order chi connectivity index (χ0) is 20.1. The van der Waals surface area contributed by atoms with E-state index in [1.165, 1.54) is 0 Å². The van der Waals surface area contributed by atoms with E-state index >= 15 is 0 Å². The topological polar surface area (TPSA) is 78.7 Å². The Morgan fingerprint density at radius 3 is 2.59 bits per heavy atom. The van der Waals surface area contributed by atoms with Crippen LogP contribution in [-0.2, 0) is 11.2 Å². The molecule has 3 rings (SSSR count). The maximum Gasteiger partial charge on any atom is 0.253 e. The number of fused-ring (bicyclic) bond motifs is 1. The molecule has 156 valence electrons. The lowest BCUT2D eigenvalue weighted by Crippen LogP contribution is -2.37. The fraction of sp³-hybridized carbons (Fsp3) is 0.364. The number of nitrogen functional groups attached to an aromatic ring is 1. The molecule has 1 aliphatic rings. The number of nitrogens with zero attached hydrogens (tertiary/aromatic N) is 2. The molecule has 0 radical (unpaired) electrons. The van der Waals surface area contributed by atoms with E-state index in [4.69, 9.17) is 5.73 Å². The Hall–Kier alpha value is -2.73. The molecule has 1 aliphatic heterocycles. The first-order valence-corrected chi connectivity index (χ1v) is 9.85. The Balaban J connectivity index is 0.00000300. The van der Waals surface area contributed by atoms with Gasteiger partial charge in [0.25, 0.3) is 5.91 Å². The summed E-state index contributed by atoms with van der Waals surface area (Å²) in [7, 11) is 0. The van der Waals surface area contributed by atoms with Gasteiger partial charge in [0.05, 0.1) is 6.54 Å². The van der Waals surface area contributed by atoms with Crippen molar-refractivity contribution in [1.82, 2.24) is 4.90 Å². The smallest absolute Gasteiger partial charge is 0.253 e. The van der Waals surface area contributed by atoms with Crippen molar-refractivity contribution in [3.05, 3.63) is 53.6 Å². The van der Waals surface area contributed by atoms with Crippen LogP contribution in [0.4, 0.5) is 17.1 Å². The van der Waals surface area contributed by atoms with Crippen molar-refractivity contribution in [2.45, 2.75) is 26.7 Å². The second kappa shape index (κ2) is 10.2. The van der Waals surface area contributed by atoms with Crippen LogP contribution in [0, 0.1) is 0 Å². The van der Waals surface area contributed by atoms with E-state index in [-0.39, 0.29) is 30.8 Å². The molecule has 0 saturated carbocycles. The van der Waals surface area contributed by atoms with Gasteiger partial charge in [0, 0.05) is 42.3 Å². The second-order valence-corrected chi connectivity index (χ2v) is 6.98. The molecule has 0 fully saturated rings. The third kappa shape index (κ3) is 5.21. The molecule has 0 bridgehead atoms. The van der Waals surface area contributed by atoms with E-state index in [0.717, 1.165) is 36.3 Å². The molecule has 0 spiro atoms. The maximum atomic E-state index is 12.6. The Morgan fingerprint density at radius 2 is 1.86 bits per heavy atom. The Labute approximate surface area is 178 Å². The van der Waals surface area contributed by atoms with Gasteiger partial charge < -0.3 is 20.9 Å². The van der Waals surface area contributed by atoms with Gasteiger partial charge in [0.1, 0.15) is 0 Å². The number of benzene rings is 2. The summed E-state index contributed by atoms with van der Waals surface area (Å²) in [6.45, 7) is 6.30. The van der Waals surface area contributed by atoms with Crippen LogP contribution in [0.2, 0.25) is 0 Å². The molecule has 2 aromatic rings. The Bertz CT molecular complexity index is 868. The number of hydrogen-bond donors (Lipinski definition) is 2. The molecular weight excluding hydrogens is 388 g/mol. The highest BCUT2D eigenvalue weighted by molar-refractivity contribution is 5.98. The van der Waals surface area contributed by atoms with Crippen LogP contribution in [0.3, 0.4) is 0 Å². The van der Waals surface area contributed by atoms with Crippen LogP contribution in [-0.4, -0.2) is 42.9 Å². The molecule has 0 unspecified atom stereocenters. The van der Waals surface area contributed by atoms with Crippen molar-refractivity contribution in [1.29, 1.82) is 0 Å². The molecule has 0 atom stereocenters. The quantitative estimate of drug-likeness (QED) is 0.705. The number of halogens is 1. The summed E-state index contributed by atoms with van der Waals surface area (Å²) in [5.41, 5.74) is 10.2. The van der Waals surface area contributed by atoms with Gasteiger partial charge in [-0.15, -0.1) is 12.4 Å². The third-order valence-corrected chi connectivity index (χ3v) is 5.16. The van der Waals surface area contributed by atoms with Crippen molar-refractivity contribution in [2.75, 3.05) is 42.1 Å². The highest BCUT2D eigenvalue weighted by atomic mass is 35.5. The van der Waals surface area contributed by atoms with E-state index in [2.05, 4.69) is 10.2 Å². The average Bonchev–Trinajstić information content (AvgIpc) is 2.70. The molecule has 2 amide bonds. The van der Waals surface area contributed by atoms with Gasteiger partial charge in [0.15, 0.2) is 0 Å². The van der Waals surface area contributed by atoms with E-state index in [1.807, 2.05) is 32.0 Å². The summed E-state index contributed by atoms with van der Waals surface area (Å²) in [5, 5.41) is 2.92. The van der Waals surface area contributed by atoms with E-state index in [9.17, 15) is 9.59 Å². The summed E-state index contributed by atoms with van der Waals surface area (Å²) >= 11 is 0. The minimum Gasteiger partial charge on any atom is -0.398 e. The summed E-state index contributed by atoms with van der Waals surface area (Å²) < 4.78 is 0. The minimum atomic E-state index is -0.109. The number of nitrogens with two attached hydrogens (primary N) is 1. The summed E-state index contributed by atoms with van der Waals surface area (Å²) in [4.78, 5) is 29.0. The number of carbonyl (C=O) groups excluding carboxylic acids is 2.